The van der Waals surface area contributed by atoms with Crippen molar-refractivity contribution in [2.24, 2.45) is 5.10 Å². The van der Waals surface area contributed by atoms with Gasteiger partial charge in [-0.1, -0.05) is 37.0 Å². The van der Waals surface area contributed by atoms with Gasteiger partial charge in [0.15, 0.2) is 5.75 Å². The van der Waals surface area contributed by atoms with Crippen LogP contribution in [0.15, 0.2) is 35.6 Å². The van der Waals surface area contributed by atoms with Gasteiger partial charge in [0.2, 0.25) is 11.6 Å². The van der Waals surface area contributed by atoms with Crippen molar-refractivity contribution in [2.45, 2.75) is 26.7 Å². The third kappa shape index (κ3) is 5.75. The van der Waals surface area contributed by atoms with Crippen molar-refractivity contribution in [3.8, 4) is 17.7 Å². The second-order valence-corrected chi connectivity index (χ2v) is 7.99. The number of alkyl carbamates (subject to hydrolysis) is 1. The predicted molar refractivity (Wildman–Crippen MR) is 129 cm³/mol. The lowest BCUT2D eigenvalue weighted by Gasteiger charge is -2.11. The minimum Gasteiger partial charge on any atom is -0.450 e. The Kier molecular flexibility index (Phi) is 7.94. The van der Waals surface area contributed by atoms with Crippen molar-refractivity contribution in [1.82, 2.24) is 15.3 Å². The summed E-state index contributed by atoms with van der Waals surface area (Å²) >= 11 is 12.7. The number of hydrogen-bond acceptors (Lipinski definition) is 8. The van der Waals surface area contributed by atoms with Crippen LogP contribution in [0, 0.1) is 11.3 Å². The number of hydrazone groups is 1. The van der Waals surface area contributed by atoms with Crippen LogP contribution in [-0.4, -0.2) is 34.3 Å². The van der Waals surface area contributed by atoms with Gasteiger partial charge in [-0.3, -0.25) is 15.5 Å². The molecule has 10 nitrogen and oxygen atoms in total. The monoisotopic (exact) mass is 502 g/mol. The largest absolute Gasteiger partial charge is 0.450 e. The number of carbonyl (C=O) groups excluding carboxylic acids is 2. The van der Waals surface area contributed by atoms with Crippen molar-refractivity contribution < 1.29 is 19.1 Å². The van der Waals surface area contributed by atoms with Gasteiger partial charge in [0, 0.05) is 12.3 Å². The molecule has 0 radical (unpaired) electrons. The highest BCUT2D eigenvalue weighted by molar-refractivity contribution is 6.47. The molecule has 0 unspecified atom stereocenters. The lowest BCUT2D eigenvalue weighted by atomic mass is 10.1. The van der Waals surface area contributed by atoms with Crippen molar-refractivity contribution in [2.75, 3.05) is 12.0 Å². The van der Waals surface area contributed by atoms with Crippen LogP contribution in [0.2, 0.25) is 10.0 Å². The number of halogens is 2. The molecule has 0 atom stereocenters. The summed E-state index contributed by atoms with van der Waals surface area (Å²) in [6.45, 7) is 5.77. The second-order valence-electron chi connectivity index (χ2n) is 7.17. The summed E-state index contributed by atoms with van der Waals surface area (Å²) < 4.78 is 10.4. The Morgan fingerprint density at radius 1 is 1.26 bits per heavy atom. The number of rotatable bonds is 7. The SMILES string of the molecule is CCOC(=O)NC(=O)/C(C#N)=N/Nc1cc(Cl)c(Oc2ccc3[nH]cc(C(C)C)c3n2)c(Cl)c1. The number of aromatic amines is 1. The second kappa shape index (κ2) is 10.9. The van der Waals surface area contributed by atoms with E-state index in [2.05, 4.69) is 39.1 Å². The Bertz CT molecular complexity index is 1290. The van der Waals surface area contributed by atoms with Crippen LogP contribution in [0.25, 0.3) is 11.0 Å². The molecular formula is C22H20Cl2N6O4. The molecular weight excluding hydrogens is 483 g/mol. The van der Waals surface area contributed by atoms with E-state index < -0.39 is 17.7 Å². The quantitative estimate of drug-likeness (QED) is 0.292. The molecule has 0 fully saturated rings. The number of H-pyrrole nitrogens is 1. The lowest BCUT2D eigenvalue weighted by Crippen LogP contribution is -2.36. The number of imide groups is 1. The molecule has 2 amide bonds. The molecule has 34 heavy (non-hydrogen) atoms. The number of carbonyl (C=O) groups is 2. The van der Waals surface area contributed by atoms with Crippen LogP contribution in [0.4, 0.5) is 10.5 Å². The van der Waals surface area contributed by atoms with Gasteiger partial charge in [-0.25, -0.2) is 9.78 Å². The van der Waals surface area contributed by atoms with E-state index >= 15 is 0 Å². The van der Waals surface area contributed by atoms with Crippen LogP contribution in [-0.2, 0) is 9.53 Å². The fraction of sp³-hybridized carbons (Fsp3) is 0.227. The smallest absolute Gasteiger partial charge is 0.414 e. The Morgan fingerprint density at radius 2 is 1.97 bits per heavy atom. The van der Waals surface area contributed by atoms with E-state index in [0.29, 0.717) is 5.88 Å². The van der Waals surface area contributed by atoms with Gasteiger partial charge < -0.3 is 14.5 Å². The fourth-order valence-electron chi connectivity index (χ4n) is 2.89. The summed E-state index contributed by atoms with van der Waals surface area (Å²) in [4.78, 5) is 31.0. The number of pyridine rings is 1. The zero-order valence-corrected chi connectivity index (χ0v) is 19.9. The molecule has 0 saturated carbocycles. The zero-order chi connectivity index (χ0) is 24.8. The first-order valence-corrected chi connectivity index (χ1v) is 10.9. The highest BCUT2D eigenvalue weighted by Crippen LogP contribution is 2.39. The highest BCUT2D eigenvalue weighted by Gasteiger charge is 2.17. The first-order chi connectivity index (χ1) is 16.2. The maximum absolute atomic E-state index is 11.9. The van der Waals surface area contributed by atoms with E-state index in [9.17, 15) is 9.59 Å². The van der Waals surface area contributed by atoms with Crippen molar-refractivity contribution in [3.63, 3.8) is 0 Å². The van der Waals surface area contributed by atoms with Crippen LogP contribution in [0.3, 0.4) is 0 Å². The third-order valence-corrected chi connectivity index (χ3v) is 5.02. The Morgan fingerprint density at radius 3 is 2.59 bits per heavy atom. The number of benzene rings is 1. The van der Waals surface area contributed by atoms with E-state index in [0.717, 1.165) is 16.6 Å². The van der Waals surface area contributed by atoms with Crippen LogP contribution < -0.4 is 15.5 Å². The maximum atomic E-state index is 11.9. The third-order valence-electron chi connectivity index (χ3n) is 4.46. The van der Waals surface area contributed by atoms with Crippen LogP contribution in [0.5, 0.6) is 11.6 Å². The number of nitrogens with zero attached hydrogens (tertiary/aromatic N) is 3. The molecule has 0 bridgehead atoms. The molecule has 0 aliphatic carbocycles. The van der Waals surface area contributed by atoms with Crippen LogP contribution >= 0.6 is 23.2 Å². The Balaban J connectivity index is 1.78. The summed E-state index contributed by atoms with van der Waals surface area (Å²) in [5.74, 6) is -0.282. The van der Waals surface area contributed by atoms with Gasteiger partial charge in [-0.2, -0.15) is 10.4 Å². The summed E-state index contributed by atoms with van der Waals surface area (Å²) in [7, 11) is 0. The number of anilines is 1. The van der Waals surface area contributed by atoms with Gasteiger partial charge in [-0.15, -0.1) is 0 Å². The molecule has 0 spiro atoms. The van der Waals surface area contributed by atoms with Crippen LogP contribution in [0.1, 0.15) is 32.3 Å². The molecule has 0 aliphatic heterocycles. The summed E-state index contributed by atoms with van der Waals surface area (Å²) in [5, 5.41) is 15.0. The van der Waals surface area contributed by atoms with Gasteiger partial charge in [0.25, 0.3) is 5.91 Å². The number of nitriles is 1. The molecule has 3 N–H and O–H groups in total. The van der Waals surface area contributed by atoms with Crippen molar-refractivity contribution >= 4 is 57.6 Å². The van der Waals surface area contributed by atoms with E-state index in [1.807, 2.05) is 17.6 Å². The first-order valence-electron chi connectivity index (χ1n) is 10.1. The molecule has 176 valence electrons. The minimum absolute atomic E-state index is 0.0647. The number of nitrogens with one attached hydrogen (secondary N) is 3. The molecule has 0 aliphatic rings. The normalized spacial score (nSPS) is 11.3. The topological polar surface area (TPSA) is 141 Å². The zero-order valence-electron chi connectivity index (χ0n) is 18.4. The number of fused-ring (bicyclic) bond motifs is 1. The molecule has 12 heteroatoms. The lowest BCUT2D eigenvalue weighted by molar-refractivity contribution is -0.114. The molecule has 2 heterocycles. The van der Waals surface area contributed by atoms with Gasteiger partial charge >= 0.3 is 6.09 Å². The van der Waals surface area contributed by atoms with Gasteiger partial charge in [-0.05, 0) is 36.6 Å². The van der Waals surface area contributed by atoms with E-state index in [1.54, 1.807) is 19.1 Å². The van der Waals surface area contributed by atoms with Crippen molar-refractivity contribution in [3.05, 3.63) is 46.1 Å². The highest BCUT2D eigenvalue weighted by atomic mass is 35.5. The molecule has 3 rings (SSSR count). The number of aromatic nitrogens is 2. The van der Waals surface area contributed by atoms with E-state index in [4.69, 9.17) is 33.2 Å². The average molecular weight is 503 g/mol. The predicted octanol–water partition coefficient (Wildman–Crippen LogP) is 5.35. The van der Waals surface area contributed by atoms with Gasteiger partial charge in [0.05, 0.1) is 33.4 Å². The van der Waals surface area contributed by atoms with E-state index in [1.165, 1.54) is 12.1 Å². The minimum atomic E-state index is -1.03. The molecule has 2 aromatic heterocycles. The number of ether oxygens (including phenoxy) is 2. The standard InChI is InChI=1S/C22H20Cl2N6O4/c1-4-33-22(32)28-21(31)17(9-25)30-29-12-7-14(23)20(15(24)8-12)34-18-6-5-16-19(27-18)13(10-26-16)11(2)3/h5-8,10-11,26,29H,4H2,1-3H3,(H,28,31,32)/b30-17+. The fourth-order valence-corrected chi connectivity index (χ4v) is 3.46. The summed E-state index contributed by atoms with van der Waals surface area (Å²) in [5.41, 5.74) is 4.89. The summed E-state index contributed by atoms with van der Waals surface area (Å²) in [6.07, 6.45) is 0.922. The first kappa shape index (κ1) is 24.8. The molecule has 1 aromatic carbocycles. The Labute approximate surface area is 204 Å². The summed E-state index contributed by atoms with van der Waals surface area (Å²) in [6, 6.07) is 8.01. The maximum Gasteiger partial charge on any atom is 0.414 e. The molecule has 3 aromatic rings. The number of amides is 2. The Hall–Kier alpha value is -3.81. The van der Waals surface area contributed by atoms with Gasteiger partial charge in [0.1, 0.15) is 6.07 Å². The molecule has 0 saturated heterocycles. The van der Waals surface area contributed by atoms with E-state index in [-0.39, 0.29) is 34.0 Å². The average Bonchev–Trinajstić information content (AvgIpc) is 3.20. The number of hydrogen-bond donors (Lipinski definition) is 3. The van der Waals surface area contributed by atoms with Crippen molar-refractivity contribution in [1.29, 1.82) is 5.26 Å².